The summed E-state index contributed by atoms with van der Waals surface area (Å²) in [5, 5.41) is 0.116. The van der Waals surface area contributed by atoms with Crippen LogP contribution in [-0.4, -0.2) is 21.3 Å². The smallest absolute Gasteiger partial charge is 0.194 e. The van der Waals surface area contributed by atoms with Gasteiger partial charge in [0.2, 0.25) is 0 Å². The second-order valence-corrected chi connectivity index (χ2v) is 2.81. The molecular weight excluding hydrogens is 160 g/mol. The van der Waals surface area contributed by atoms with Crippen LogP contribution in [0.5, 0.6) is 0 Å². The molecule has 11 heavy (non-hydrogen) atoms. The third-order valence-electron chi connectivity index (χ3n) is 1.17. The Morgan fingerprint density at radius 2 is 2.45 bits per heavy atom. The molecule has 0 radical (unpaired) electrons. The predicted molar refractivity (Wildman–Crippen MR) is 44.3 cm³/mol. The number of nitrogens with zero attached hydrogens (tertiary/aromatic N) is 2. The van der Waals surface area contributed by atoms with Gasteiger partial charge < -0.3 is 0 Å². The molecule has 0 saturated carbocycles. The SMILES string of the molecule is CSC(=O)Cc1cnccn1. The van der Waals surface area contributed by atoms with Crippen molar-refractivity contribution in [2.45, 2.75) is 6.42 Å². The number of hydrogen-bond donors (Lipinski definition) is 0. The van der Waals surface area contributed by atoms with Crippen LogP contribution in [0.3, 0.4) is 0 Å². The van der Waals surface area contributed by atoms with E-state index in [1.807, 2.05) is 0 Å². The van der Waals surface area contributed by atoms with Crippen molar-refractivity contribution in [3.05, 3.63) is 24.3 Å². The van der Waals surface area contributed by atoms with E-state index in [4.69, 9.17) is 0 Å². The van der Waals surface area contributed by atoms with Gasteiger partial charge in [-0.05, 0) is 6.26 Å². The van der Waals surface area contributed by atoms with Crippen molar-refractivity contribution >= 4 is 16.9 Å². The van der Waals surface area contributed by atoms with Gasteiger partial charge in [0.25, 0.3) is 0 Å². The molecular formula is C7H8N2OS. The van der Waals surface area contributed by atoms with Gasteiger partial charge in [0, 0.05) is 18.6 Å². The molecule has 0 fully saturated rings. The molecule has 1 rings (SSSR count). The Labute approximate surface area is 69.3 Å². The van der Waals surface area contributed by atoms with Gasteiger partial charge in [0.15, 0.2) is 5.12 Å². The molecule has 0 aliphatic carbocycles. The third kappa shape index (κ3) is 2.67. The van der Waals surface area contributed by atoms with Gasteiger partial charge in [-0.15, -0.1) is 0 Å². The van der Waals surface area contributed by atoms with Gasteiger partial charge in [-0.1, -0.05) is 11.8 Å². The summed E-state index contributed by atoms with van der Waals surface area (Å²) in [6.45, 7) is 0. The Bertz CT molecular complexity index is 237. The topological polar surface area (TPSA) is 42.9 Å². The largest absolute Gasteiger partial charge is 0.287 e. The van der Waals surface area contributed by atoms with Crippen LogP contribution >= 0.6 is 11.8 Å². The molecule has 0 aromatic carbocycles. The molecule has 0 atom stereocenters. The van der Waals surface area contributed by atoms with Crippen molar-refractivity contribution in [2.24, 2.45) is 0 Å². The lowest BCUT2D eigenvalue weighted by Crippen LogP contribution is -1.98. The Balaban J connectivity index is 2.58. The monoisotopic (exact) mass is 168 g/mol. The van der Waals surface area contributed by atoms with Crippen LogP contribution in [0.1, 0.15) is 5.69 Å². The fourth-order valence-corrected chi connectivity index (χ4v) is 0.934. The Kier molecular flexibility index (Phi) is 3.04. The number of hydrogen-bond acceptors (Lipinski definition) is 4. The molecule has 1 heterocycles. The van der Waals surface area contributed by atoms with Gasteiger partial charge in [-0.2, -0.15) is 0 Å². The minimum absolute atomic E-state index is 0.116. The van der Waals surface area contributed by atoms with E-state index in [0.717, 1.165) is 5.69 Å². The van der Waals surface area contributed by atoms with E-state index in [2.05, 4.69) is 9.97 Å². The molecule has 0 spiro atoms. The van der Waals surface area contributed by atoms with E-state index in [1.165, 1.54) is 11.8 Å². The number of rotatable bonds is 2. The highest BCUT2D eigenvalue weighted by molar-refractivity contribution is 8.13. The molecule has 0 unspecified atom stereocenters. The van der Waals surface area contributed by atoms with Gasteiger partial charge in [0.1, 0.15) is 0 Å². The molecule has 3 nitrogen and oxygen atoms in total. The Hall–Kier alpha value is -0.900. The highest BCUT2D eigenvalue weighted by Crippen LogP contribution is 2.01. The standard InChI is InChI=1S/C7H8N2OS/c1-11-7(10)4-6-5-8-2-3-9-6/h2-3,5H,4H2,1H3. The second kappa shape index (κ2) is 4.08. The van der Waals surface area contributed by atoms with Gasteiger partial charge in [-0.25, -0.2) is 0 Å². The van der Waals surface area contributed by atoms with Gasteiger partial charge >= 0.3 is 0 Å². The van der Waals surface area contributed by atoms with Crippen molar-refractivity contribution in [1.82, 2.24) is 9.97 Å². The molecule has 0 saturated heterocycles. The highest BCUT2D eigenvalue weighted by Gasteiger charge is 2.01. The lowest BCUT2D eigenvalue weighted by atomic mass is 10.3. The summed E-state index contributed by atoms with van der Waals surface area (Å²) in [5.41, 5.74) is 0.729. The summed E-state index contributed by atoms with van der Waals surface area (Å²) < 4.78 is 0. The maximum Gasteiger partial charge on any atom is 0.194 e. The first-order valence-corrected chi connectivity index (χ1v) is 4.37. The third-order valence-corrected chi connectivity index (χ3v) is 1.77. The molecule has 0 bridgehead atoms. The first-order chi connectivity index (χ1) is 5.33. The van der Waals surface area contributed by atoms with E-state index in [0.29, 0.717) is 6.42 Å². The fourth-order valence-electron chi connectivity index (χ4n) is 0.641. The van der Waals surface area contributed by atoms with Crippen molar-refractivity contribution in [3.8, 4) is 0 Å². The molecule has 4 heteroatoms. The molecule has 58 valence electrons. The highest BCUT2D eigenvalue weighted by atomic mass is 32.2. The molecule has 1 aromatic heterocycles. The average Bonchev–Trinajstić information content (AvgIpc) is 2.06. The van der Waals surface area contributed by atoms with Crippen molar-refractivity contribution < 1.29 is 4.79 Å². The summed E-state index contributed by atoms with van der Waals surface area (Å²) in [7, 11) is 0. The van der Waals surface area contributed by atoms with E-state index >= 15 is 0 Å². The zero-order valence-electron chi connectivity index (χ0n) is 6.15. The zero-order valence-corrected chi connectivity index (χ0v) is 6.97. The summed E-state index contributed by atoms with van der Waals surface area (Å²) in [6, 6.07) is 0. The maximum absolute atomic E-state index is 10.9. The van der Waals surface area contributed by atoms with Crippen LogP contribution < -0.4 is 0 Å². The predicted octanol–water partition coefficient (Wildman–Crippen LogP) is 0.909. The first kappa shape index (κ1) is 8.20. The van der Waals surface area contributed by atoms with Crippen LogP contribution in [0, 0.1) is 0 Å². The fraction of sp³-hybridized carbons (Fsp3) is 0.286. The second-order valence-electron chi connectivity index (χ2n) is 1.95. The van der Waals surface area contributed by atoms with Crippen molar-refractivity contribution in [1.29, 1.82) is 0 Å². The Morgan fingerprint density at radius 1 is 1.64 bits per heavy atom. The van der Waals surface area contributed by atoms with Crippen LogP contribution in [0.2, 0.25) is 0 Å². The summed E-state index contributed by atoms with van der Waals surface area (Å²) in [4.78, 5) is 18.7. The summed E-state index contributed by atoms with van der Waals surface area (Å²) >= 11 is 1.21. The van der Waals surface area contributed by atoms with Gasteiger partial charge in [-0.3, -0.25) is 14.8 Å². The van der Waals surface area contributed by atoms with Crippen LogP contribution in [0.4, 0.5) is 0 Å². The number of thioether (sulfide) groups is 1. The minimum Gasteiger partial charge on any atom is -0.287 e. The van der Waals surface area contributed by atoms with Crippen molar-refractivity contribution in [2.75, 3.05) is 6.26 Å². The number of carbonyl (C=O) groups excluding carboxylic acids is 1. The van der Waals surface area contributed by atoms with E-state index in [9.17, 15) is 4.79 Å². The lowest BCUT2D eigenvalue weighted by Gasteiger charge is -1.94. The lowest BCUT2D eigenvalue weighted by molar-refractivity contribution is -0.110. The average molecular weight is 168 g/mol. The van der Waals surface area contributed by atoms with Crippen molar-refractivity contribution in [3.63, 3.8) is 0 Å². The normalized spacial score (nSPS) is 9.55. The van der Waals surface area contributed by atoms with Gasteiger partial charge in [0.05, 0.1) is 12.1 Å². The van der Waals surface area contributed by atoms with E-state index in [1.54, 1.807) is 24.8 Å². The number of carbonyl (C=O) groups is 1. The molecule has 0 amide bonds. The molecule has 0 aliphatic heterocycles. The quantitative estimate of drug-likeness (QED) is 0.658. The first-order valence-electron chi connectivity index (χ1n) is 3.14. The van der Waals surface area contributed by atoms with Crippen LogP contribution in [0.15, 0.2) is 18.6 Å². The Morgan fingerprint density at radius 3 is 3.00 bits per heavy atom. The maximum atomic E-state index is 10.9. The minimum atomic E-state index is 0.116. The summed E-state index contributed by atoms with van der Waals surface area (Å²) in [5.74, 6) is 0. The van der Waals surface area contributed by atoms with E-state index < -0.39 is 0 Å². The number of aromatic nitrogens is 2. The molecule has 0 N–H and O–H groups in total. The van der Waals surface area contributed by atoms with E-state index in [-0.39, 0.29) is 5.12 Å². The van der Waals surface area contributed by atoms with Crippen LogP contribution in [-0.2, 0) is 11.2 Å². The molecule has 0 aliphatic rings. The summed E-state index contributed by atoms with van der Waals surface area (Å²) in [6.07, 6.45) is 6.91. The van der Waals surface area contributed by atoms with Crippen LogP contribution in [0.25, 0.3) is 0 Å². The molecule has 1 aromatic rings. The zero-order chi connectivity index (χ0) is 8.10.